The van der Waals surface area contributed by atoms with E-state index in [0.29, 0.717) is 18.5 Å². The predicted octanol–water partition coefficient (Wildman–Crippen LogP) is 2.87. The Labute approximate surface area is 160 Å². The molecule has 0 spiro atoms. The normalized spacial score (nSPS) is 20.0. The topological polar surface area (TPSA) is 84.2 Å². The number of benzene rings is 2. The van der Waals surface area contributed by atoms with Crippen LogP contribution >= 0.6 is 0 Å². The fraction of sp³-hybridized carbons (Fsp3) is 0.364. The summed E-state index contributed by atoms with van der Waals surface area (Å²) in [5, 5.41) is 5.82. The average Bonchev–Trinajstić information content (AvgIpc) is 3.07. The molecular formula is C22H27N3O2. The summed E-state index contributed by atoms with van der Waals surface area (Å²) < 4.78 is 0. The maximum atomic E-state index is 12.8. The van der Waals surface area contributed by atoms with Crippen LogP contribution in [0.25, 0.3) is 0 Å². The van der Waals surface area contributed by atoms with Crippen LogP contribution in [0.5, 0.6) is 0 Å². The first-order valence-electron chi connectivity index (χ1n) is 9.56. The van der Waals surface area contributed by atoms with E-state index < -0.39 is 6.04 Å². The fourth-order valence-corrected chi connectivity index (χ4v) is 3.62. The molecule has 0 aromatic heterocycles. The predicted molar refractivity (Wildman–Crippen MR) is 107 cm³/mol. The molecule has 0 aliphatic heterocycles. The van der Waals surface area contributed by atoms with E-state index in [2.05, 4.69) is 10.6 Å². The Bertz CT molecular complexity index is 749. The van der Waals surface area contributed by atoms with Gasteiger partial charge in [0.25, 0.3) is 0 Å². The second kappa shape index (κ2) is 9.33. The molecule has 27 heavy (non-hydrogen) atoms. The molecule has 4 N–H and O–H groups in total. The van der Waals surface area contributed by atoms with Crippen LogP contribution in [0.3, 0.4) is 0 Å². The van der Waals surface area contributed by atoms with Crippen LogP contribution in [-0.4, -0.2) is 23.9 Å². The van der Waals surface area contributed by atoms with Gasteiger partial charge in [0.05, 0.1) is 0 Å². The van der Waals surface area contributed by atoms with Gasteiger partial charge in [0.1, 0.15) is 6.04 Å². The van der Waals surface area contributed by atoms with E-state index in [0.717, 1.165) is 24.8 Å². The maximum absolute atomic E-state index is 12.8. The largest absolute Gasteiger partial charge is 0.344 e. The summed E-state index contributed by atoms with van der Waals surface area (Å²) in [5.74, 6) is -0.116. The van der Waals surface area contributed by atoms with Crippen LogP contribution < -0.4 is 16.4 Å². The first-order chi connectivity index (χ1) is 13.1. The molecule has 142 valence electrons. The van der Waals surface area contributed by atoms with Crippen molar-refractivity contribution in [2.45, 2.75) is 44.2 Å². The highest BCUT2D eigenvalue weighted by Gasteiger charge is 2.28. The van der Waals surface area contributed by atoms with Crippen LogP contribution in [0.1, 0.15) is 31.2 Å². The smallest absolute Gasteiger partial charge is 0.247 e. The molecule has 1 aliphatic carbocycles. The SMILES string of the molecule is N[C@@H]1CCC[C@H]1CC(=O)NC(Cc1ccccc1)C(=O)Nc1ccccc1. The summed E-state index contributed by atoms with van der Waals surface area (Å²) in [5.41, 5.74) is 7.80. The average molecular weight is 365 g/mol. The molecule has 3 atom stereocenters. The Kier molecular flexibility index (Phi) is 6.60. The van der Waals surface area contributed by atoms with Crippen molar-refractivity contribution in [2.75, 3.05) is 5.32 Å². The van der Waals surface area contributed by atoms with Crippen LogP contribution in [0, 0.1) is 5.92 Å². The number of para-hydroxylation sites is 1. The number of nitrogens with two attached hydrogens (primary N) is 1. The van der Waals surface area contributed by atoms with Gasteiger partial charge in [-0.3, -0.25) is 9.59 Å². The third kappa shape index (κ3) is 5.66. The molecule has 2 aromatic carbocycles. The number of carbonyl (C=O) groups excluding carboxylic acids is 2. The number of amides is 2. The van der Waals surface area contributed by atoms with Crippen molar-refractivity contribution < 1.29 is 9.59 Å². The van der Waals surface area contributed by atoms with Gasteiger partial charge in [0, 0.05) is 24.6 Å². The molecule has 1 fully saturated rings. The lowest BCUT2D eigenvalue weighted by Gasteiger charge is -2.21. The molecule has 0 heterocycles. The van der Waals surface area contributed by atoms with Gasteiger partial charge >= 0.3 is 0 Å². The number of hydrogen-bond donors (Lipinski definition) is 3. The van der Waals surface area contributed by atoms with Gasteiger partial charge in [-0.25, -0.2) is 0 Å². The molecule has 2 aromatic rings. The van der Waals surface area contributed by atoms with Gasteiger partial charge in [-0.15, -0.1) is 0 Å². The number of carbonyl (C=O) groups is 2. The van der Waals surface area contributed by atoms with Crippen LogP contribution in [0.15, 0.2) is 60.7 Å². The van der Waals surface area contributed by atoms with Crippen LogP contribution in [0.2, 0.25) is 0 Å². The minimum atomic E-state index is -0.627. The van der Waals surface area contributed by atoms with Crippen molar-refractivity contribution >= 4 is 17.5 Å². The van der Waals surface area contributed by atoms with Gasteiger partial charge in [-0.2, -0.15) is 0 Å². The van der Waals surface area contributed by atoms with E-state index in [9.17, 15) is 9.59 Å². The van der Waals surface area contributed by atoms with Gasteiger partial charge in [-0.05, 0) is 36.5 Å². The Morgan fingerprint density at radius 3 is 2.30 bits per heavy atom. The van der Waals surface area contributed by atoms with Gasteiger partial charge in [0.2, 0.25) is 11.8 Å². The summed E-state index contributed by atoms with van der Waals surface area (Å²) in [6, 6.07) is 18.5. The van der Waals surface area contributed by atoms with Crippen molar-refractivity contribution in [3.63, 3.8) is 0 Å². The third-order valence-electron chi connectivity index (χ3n) is 5.14. The molecule has 3 rings (SSSR count). The van der Waals surface area contributed by atoms with E-state index in [-0.39, 0.29) is 23.8 Å². The van der Waals surface area contributed by atoms with E-state index in [1.807, 2.05) is 60.7 Å². The standard InChI is InChI=1S/C22H27N3O2/c23-19-13-7-10-17(19)15-21(26)25-20(14-16-8-3-1-4-9-16)22(27)24-18-11-5-2-6-12-18/h1-6,8-9,11-12,17,19-20H,7,10,13-15,23H2,(H,24,27)(H,25,26)/t17-,19+,20?/m0/s1. The second-order valence-electron chi connectivity index (χ2n) is 7.22. The van der Waals surface area contributed by atoms with E-state index >= 15 is 0 Å². The monoisotopic (exact) mass is 365 g/mol. The first-order valence-corrected chi connectivity index (χ1v) is 9.56. The number of nitrogens with one attached hydrogen (secondary N) is 2. The quantitative estimate of drug-likeness (QED) is 0.705. The van der Waals surface area contributed by atoms with Crippen LogP contribution in [0.4, 0.5) is 5.69 Å². The summed E-state index contributed by atoms with van der Waals surface area (Å²) in [7, 11) is 0. The summed E-state index contributed by atoms with van der Waals surface area (Å²) in [6.07, 6.45) is 3.85. The van der Waals surface area contributed by atoms with Crippen molar-refractivity contribution in [1.82, 2.24) is 5.32 Å². The minimum Gasteiger partial charge on any atom is -0.344 e. The van der Waals surface area contributed by atoms with E-state index in [1.165, 1.54) is 0 Å². The lowest BCUT2D eigenvalue weighted by atomic mass is 9.99. The number of hydrogen-bond acceptors (Lipinski definition) is 3. The van der Waals surface area contributed by atoms with Crippen molar-refractivity contribution in [3.05, 3.63) is 66.2 Å². The first kappa shape index (κ1) is 19.1. The summed E-state index contributed by atoms with van der Waals surface area (Å²) >= 11 is 0. The zero-order valence-electron chi connectivity index (χ0n) is 15.4. The second-order valence-corrected chi connectivity index (χ2v) is 7.22. The lowest BCUT2D eigenvalue weighted by molar-refractivity contribution is -0.127. The molecule has 1 aliphatic rings. The summed E-state index contributed by atoms with van der Waals surface area (Å²) in [6.45, 7) is 0. The summed E-state index contributed by atoms with van der Waals surface area (Å²) in [4.78, 5) is 25.4. The van der Waals surface area contributed by atoms with Gasteiger partial charge in [-0.1, -0.05) is 55.0 Å². The molecule has 0 saturated heterocycles. The highest BCUT2D eigenvalue weighted by Crippen LogP contribution is 2.26. The van der Waals surface area contributed by atoms with Gasteiger partial charge < -0.3 is 16.4 Å². The molecule has 0 radical (unpaired) electrons. The highest BCUT2D eigenvalue weighted by atomic mass is 16.2. The lowest BCUT2D eigenvalue weighted by Crippen LogP contribution is -2.46. The Morgan fingerprint density at radius 2 is 1.67 bits per heavy atom. The molecule has 1 saturated carbocycles. The third-order valence-corrected chi connectivity index (χ3v) is 5.14. The number of anilines is 1. The Morgan fingerprint density at radius 1 is 1.00 bits per heavy atom. The zero-order valence-corrected chi connectivity index (χ0v) is 15.4. The highest BCUT2D eigenvalue weighted by molar-refractivity contribution is 5.97. The molecule has 1 unspecified atom stereocenters. The van der Waals surface area contributed by atoms with Crippen molar-refractivity contribution in [1.29, 1.82) is 0 Å². The van der Waals surface area contributed by atoms with Crippen molar-refractivity contribution in [3.8, 4) is 0 Å². The molecular weight excluding hydrogens is 338 g/mol. The molecule has 5 heteroatoms. The maximum Gasteiger partial charge on any atom is 0.247 e. The number of rotatable bonds is 7. The van der Waals surface area contributed by atoms with E-state index in [1.54, 1.807) is 0 Å². The fourth-order valence-electron chi connectivity index (χ4n) is 3.62. The van der Waals surface area contributed by atoms with Crippen LogP contribution in [-0.2, 0) is 16.0 Å². The molecule has 5 nitrogen and oxygen atoms in total. The van der Waals surface area contributed by atoms with E-state index in [4.69, 9.17) is 5.73 Å². The Balaban J connectivity index is 1.66. The van der Waals surface area contributed by atoms with Crippen molar-refractivity contribution in [2.24, 2.45) is 11.7 Å². The Hall–Kier alpha value is -2.66. The zero-order chi connectivity index (χ0) is 19.1. The molecule has 2 amide bonds. The molecule has 0 bridgehead atoms. The minimum absolute atomic E-state index is 0.0847. The van der Waals surface area contributed by atoms with Gasteiger partial charge in [0.15, 0.2) is 0 Å².